The van der Waals surface area contributed by atoms with Crippen LogP contribution in [0.15, 0.2) is 48.9 Å². The molecule has 3 aromatic rings. The van der Waals surface area contributed by atoms with E-state index in [-0.39, 0.29) is 19.1 Å². The number of rotatable bonds is 4. The minimum Gasteiger partial charge on any atom is -0.369 e. The van der Waals surface area contributed by atoms with Crippen molar-refractivity contribution in [1.82, 2.24) is 20.3 Å². The van der Waals surface area contributed by atoms with Crippen molar-refractivity contribution in [2.75, 3.05) is 18.0 Å². The first-order chi connectivity index (χ1) is 13.2. The van der Waals surface area contributed by atoms with Crippen molar-refractivity contribution < 1.29 is 10.6 Å². The van der Waals surface area contributed by atoms with Crippen LogP contribution in [0.25, 0.3) is 11.2 Å². The molecule has 3 heterocycles. The second kappa shape index (κ2) is 7.65. The number of piperidine rings is 1. The number of anilines is 1. The lowest BCUT2D eigenvalue weighted by Crippen LogP contribution is -2.43. The SMILES string of the molecule is O=C(NCc1cccc(F)c1)[C@H]1CCCN(c2cnc3nccnc3c2)C1.[HH]. The van der Waals surface area contributed by atoms with E-state index in [4.69, 9.17) is 0 Å². The molecule has 1 fully saturated rings. The van der Waals surface area contributed by atoms with Crippen LogP contribution in [-0.4, -0.2) is 33.9 Å². The predicted molar refractivity (Wildman–Crippen MR) is 103 cm³/mol. The van der Waals surface area contributed by atoms with Crippen LogP contribution in [0.3, 0.4) is 0 Å². The zero-order valence-electron chi connectivity index (χ0n) is 14.8. The van der Waals surface area contributed by atoms with Gasteiger partial charge in [-0.1, -0.05) is 12.1 Å². The molecule has 0 spiro atoms. The number of nitrogens with one attached hydrogen (secondary N) is 1. The van der Waals surface area contributed by atoms with Crippen LogP contribution in [0, 0.1) is 11.7 Å². The Kier molecular flexibility index (Phi) is 4.91. The standard InChI is InChI=1S/C20H20FN5O.H2/c21-16-5-1-3-14(9-16)11-25-20(27)15-4-2-8-26(13-15)17-10-18-19(24-12-17)23-7-6-22-18;/h1,3,5-7,9-10,12,15H,2,4,8,11,13H2,(H,25,27);1H/t15-;/m0./s1. The summed E-state index contributed by atoms with van der Waals surface area (Å²) in [4.78, 5) is 27.6. The van der Waals surface area contributed by atoms with Crippen molar-refractivity contribution in [3.63, 3.8) is 0 Å². The fraction of sp³-hybridized carbons (Fsp3) is 0.300. The average molecular weight is 367 g/mol. The number of carbonyl (C=O) groups is 1. The molecule has 27 heavy (non-hydrogen) atoms. The number of fused-ring (bicyclic) bond motifs is 1. The highest BCUT2D eigenvalue weighted by atomic mass is 19.1. The maximum absolute atomic E-state index is 13.3. The van der Waals surface area contributed by atoms with Gasteiger partial charge in [0, 0.05) is 33.5 Å². The minimum atomic E-state index is -0.294. The number of amides is 1. The van der Waals surface area contributed by atoms with E-state index in [9.17, 15) is 9.18 Å². The number of benzene rings is 1. The molecule has 0 unspecified atom stereocenters. The fourth-order valence-corrected chi connectivity index (χ4v) is 3.43. The Bertz CT molecular complexity index is 970. The van der Waals surface area contributed by atoms with Crippen molar-refractivity contribution in [2.45, 2.75) is 19.4 Å². The molecule has 0 bridgehead atoms. The summed E-state index contributed by atoms with van der Waals surface area (Å²) in [6.07, 6.45) is 6.81. The van der Waals surface area contributed by atoms with E-state index in [0.717, 1.165) is 36.2 Å². The molecule has 1 aliphatic rings. The van der Waals surface area contributed by atoms with Gasteiger partial charge in [0.15, 0.2) is 5.65 Å². The monoisotopic (exact) mass is 367 g/mol. The number of carbonyl (C=O) groups excluding carboxylic acids is 1. The highest BCUT2D eigenvalue weighted by molar-refractivity contribution is 5.80. The van der Waals surface area contributed by atoms with Crippen molar-refractivity contribution in [3.8, 4) is 0 Å². The van der Waals surface area contributed by atoms with Gasteiger partial charge < -0.3 is 10.2 Å². The van der Waals surface area contributed by atoms with Gasteiger partial charge in [0.2, 0.25) is 5.91 Å². The number of halogens is 1. The highest BCUT2D eigenvalue weighted by Crippen LogP contribution is 2.24. The summed E-state index contributed by atoms with van der Waals surface area (Å²) < 4.78 is 13.3. The second-order valence-electron chi connectivity index (χ2n) is 6.73. The van der Waals surface area contributed by atoms with E-state index >= 15 is 0 Å². The van der Waals surface area contributed by atoms with Crippen molar-refractivity contribution in [3.05, 3.63) is 60.3 Å². The molecule has 7 heteroatoms. The van der Waals surface area contributed by atoms with Crippen LogP contribution >= 0.6 is 0 Å². The maximum atomic E-state index is 13.3. The molecule has 1 amide bonds. The van der Waals surface area contributed by atoms with Gasteiger partial charge >= 0.3 is 0 Å². The lowest BCUT2D eigenvalue weighted by Gasteiger charge is -2.33. The molecule has 1 saturated heterocycles. The van der Waals surface area contributed by atoms with Gasteiger partial charge in [-0.2, -0.15) is 0 Å². The van der Waals surface area contributed by atoms with Crippen molar-refractivity contribution in [1.29, 1.82) is 0 Å². The quantitative estimate of drug-likeness (QED) is 0.768. The summed E-state index contributed by atoms with van der Waals surface area (Å²) in [6.45, 7) is 1.84. The molecule has 1 atom stereocenters. The van der Waals surface area contributed by atoms with Gasteiger partial charge in [-0.15, -0.1) is 0 Å². The van der Waals surface area contributed by atoms with E-state index in [1.165, 1.54) is 12.1 Å². The van der Waals surface area contributed by atoms with Crippen molar-refractivity contribution >= 4 is 22.8 Å². The molecule has 0 radical (unpaired) electrons. The normalized spacial score (nSPS) is 17.1. The zero-order valence-corrected chi connectivity index (χ0v) is 14.8. The third-order valence-corrected chi connectivity index (χ3v) is 4.82. The van der Waals surface area contributed by atoms with Gasteiger partial charge in [0.05, 0.1) is 17.8 Å². The van der Waals surface area contributed by atoms with Crippen LogP contribution in [0.1, 0.15) is 19.8 Å². The summed E-state index contributed by atoms with van der Waals surface area (Å²) in [6, 6.07) is 8.25. The van der Waals surface area contributed by atoms with E-state index in [2.05, 4.69) is 25.2 Å². The number of aromatic nitrogens is 3. The smallest absolute Gasteiger partial charge is 0.225 e. The summed E-state index contributed by atoms with van der Waals surface area (Å²) in [5.41, 5.74) is 3.06. The summed E-state index contributed by atoms with van der Waals surface area (Å²) >= 11 is 0. The highest BCUT2D eigenvalue weighted by Gasteiger charge is 2.26. The Balaban J connectivity index is 0.00000225. The number of nitrogens with zero attached hydrogens (tertiary/aromatic N) is 4. The Labute approximate surface area is 157 Å². The molecule has 2 aromatic heterocycles. The van der Waals surface area contributed by atoms with Gasteiger partial charge in [-0.05, 0) is 36.6 Å². The van der Waals surface area contributed by atoms with E-state index in [1.54, 1.807) is 30.7 Å². The van der Waals surface area contributed by atoms with Crippen LogP contribution < -0.4 is 10.2 Å². The van der Waals surface area contributed by atoms with Crippen LogP contribution in [0.4, 0.5) is 10.1 Å². The maximum Gasteiger partial charge on any atom is 0.225 e. The van der Waals surface area contributed by atoms with Gasteiger partial charge in [-0.25, -0.2) is 14.4 Å². The zero-order chi connectivity index (χ0) is 18.6. The molecule has 0 aliphatic carbocycles. The lowest BCUT2D eigenvalue weighted by atomic mass is 9.96. The second-order valence-corrected chi connectivity index (χ2v) is 6.73. The number of pyridine rings is 1. The molecule has 4 rings (SSSR count). The van der Waals surface area contributed by atoms with Crippen LogP contribution in [0.2, 0.25) is 0 Å². The van der Waals surface area contributed by atoms with Gasteiger partial charge in [0.25, 0.3) is 0 Å². The first-order valence-corrected chi connectivity index (χ1v) is 9.03. The number of hydrogen-bond acceptors (Lipinski definition) is 5. The van der Waals surface area contributed by atoms with Crippen LogP contribution in [0.5, 0.6) is 0 Å². The summed E-state index contributed by atoms with van der Waals surface area (Å²) in [5, 5.41) is 2.93. The molecule has 140 valence electrons. The number of hydrogen-bond donors (Lipinski definition) is 1. The predicted octanol–water partition coefficient (Wildman–Crippen LogP) is 2.94. The third-order valence-electron chi connectivity index (χ3n) is 4.82. The molecule has 1 aliphatic heterocycles. The molecular weight excluding hydrogens is 345 g/mol. The molecule has 0 saturated carbocycles. The van der Waals surface area contributed by atoms with Crippen molar-refractivity contribution in [2.24, 2.45) is 5.92 Å². The van der Waals surface area contributed by atoms with E-state index in [1.807, 2.05) is 6.07 Å². The van der Waals surface area contributed by atoms with Crippen LogP contribution in [-0.2, 0) is 11.3 Å². The molecular formula is C20H22FN5O. The average Bonchev–Trinajstić information content (AvgIpc) is 2.72. The van der Waals surface area contributed by atoms with Gasteiger partial charge in [-0.3, -0.25) is 9.78 Å². The topological polar surface area (TPSA) is 71.0 Å². The largest absolute Gasteiger partial charge is 0.369 e. The van der Waals surface area contributed by atoms with E-state index in [0.29, 0.717) is 18.7 Å². The van der Waals surface area contributed by atoms with E-state index < -0.39 is 0 Å². The Morgan fingerprint density at radius 3 is 3.04 bits per heavy atom. The van der Waals surface area contributed by atoms with Gasteiger partial charge in [0.1, 0.15) is 11.3 Å². The summed E-state index contributed by atoms with van der Waals surface area (Å²) in [5.74, 6) is -0.403. The first kappa shape index (κ1) is 17.3. The summed E-state index contributed by atoms with van der Waals surface area (Å²) in [7, 11) is 0. The first-order valence-electron chi connectivity index (χ1n) is 9.03. The third kappa shape index (κ3) is 4.02. The fourth-order valence-electron chi connectivity index (χ4n) is 3.43. The Morgan fingerprint density at radius 1 is 1.26 bits per heavy atom. The molecule has 6 nitrogen and oxygen atoms in total. The molecule has 1 aromatic carbocycles. The minimum absolute atomic E-state index is 0. The molecule has 1 N–H and O–H groups in total. The lowest BCUT2D eigenvalue weighted by molar-refractivity contribution is -0.125. The Hall–Kier alpha value is -3.09. The Morgan fingerprint density at radius 2 is 2.15 bits per heavy atom.